The zero-order valence-electron chi connectivity index (χ0n) is 16.8. The van der Waals surface area contributed by atoms with Gasteiger partial charge in [-0.25, -0.2) is 0 Å². The van der Waals surface area contributed by atoms with Crippen LogP contribution >= 0.6 is 11.8 Å². The normalized spacial score (nSPS) is 10.7. The van der Waals surface area contributed by atoms with Crippen molar-refractivity contribution in [1.29, 1.82) is 0 Å². The van der Waals surface area contributed by atoms with Crippen LogP contribution in [0.2, 0.25) is 0 Å². The lowest BCUT2D eigenvalue weighted by Crippen LogP contribution is -2.05. The van der Waals surface area contributed by atoms with E-state index in [4.69, 9.17) is 4.74 Å². The van der Waals surface area contributed by atoms with E-state index in [1.54, 1.807) is 19.2 Å². The van der Waals surface area contributed by atoms with Crippen LogP contribution < -0.4 is 4.74 Å². The van der Waals surface area contributed by atoms with Crippen molar-refractivity contribution in [2.75, 3.05) is 7.11 Å². The molecule has 0 spiro atoms. The Morgan fingerprint density at radius 1 is 0.935 bits per heavy atom. The highest BCUT2D eigenvalue weighted by molar-refractivity contribution is 7.98. The van der Waals surface area contributed by atoms with E-state index in [1.807, 2.05) is 47.0 Å². The number of nitro groups is 1. The Morgan fingerprint density at radius 2 is 1.65 bits per heavy atom. The molecule has 0 fully saturated rings. The predicted octanol–water partition coefficient (Wildman–Crippen LogP) is 5.07. The van der Waals surface area contributed by atoms with Crippen LogP contribution in [0.3, 0.4) is 0 Å². The molecule has 0 aliphatic rings. The second-order valence-electron chi connectivity index (χ2n) is 6.78. The van der Waals surface area contributed by atoms with Crippen molar-refractivity contribution in [3.8, 4) is 11.4 Å². The van der Waals surface area contributed by atoms with Gasteiger partial charge in [-0.3, -0.25) is 14.7 Å². The molecule has 0 atom stereocenters. The van der Waals surface area contributed by atoms with E-state index in [2.05, 4.69) is 22.3 Å². The molecule has 8 heteroatoms. The zero-order chi connectivity index (χ0) is 21.6. The van der Waals surface area contributed by atoms with Gasteiger partial charge in [0.05, 0.1) is 17.7 Å². The number of hydrogen-bond acceptors (Lipinski definition) is 6. The van der Waals surface area contributed by atoms with Crippen LogP contribution in [-0.4, -0.2) is 26.8 Å². The van der Waals surface area contributed by atoms with Gasteiger partial charge in [0.2, 0.25) is 0 Å². The zero-order valence-corrected chi connectivity index (χ0v) is 17.7. The van der Waals surface area contributed by atoms with E-state index in [0.717, 1.165) is 33.5 Å². The monoisotopic (exact) mass is 432 g/mol. The minimum Gasteiger partial charge on any atom is -0.495 e. The molecule has 0 aliphatic heterocycles. The molecular weight excluding hydrogens is 412 g/mol. The van der Waals surface area contributed by atoms with E-state index in [1.165, 1.54) is 23.9 Å². The van der Waals surface area contributed by atoms with E-state index < -0.39 is 4.92 Å². The van der Waals surface area contributed by atoms with E-state index in [0.29, 0.717) is 12.2 Å². The van der Waals surface area contributed by atoms with Gasteiger partial charge in [0, 0.05) is 24.3 Å². The fraction of sp³-hybridized carbons (Fsp3) is 0.130. The van der Waals surface area contributed by atoms with Gasteiger partial charge in [0.1, 0.15) is 11.6 Å². The summed E-state index contributed by atoms with van der Waals surface area (Å²) in [6.07, 6.45) is 0.629. The summed E-state index contributed by atoms with van der Waals surface area (Å²) in [6, 6.07) is 24.4. The molecule has 0 saturated heterocycles. The summed E-state index contributed by atoms with van der Waals surface area (Å²) < 4.78 is 7.59. The van der Waals surface area contributed by atoms with Crippen LogP contribution in [0.15, 0.2) is 84.0 Å². The van der Waals surface area contributed by atoms with Gasteiger partial charge in [-0.05, 0) is 23.3 Å². The summed E-state index contributed by atoms with van der Waals surface area (Å²) in [5, 5.41) is 20.5. The van der Waals surface area contributed by atoms with Crippen molar-refractivity contribution in [2.45, 2.75) is 17.3 Å². The summed E-state index contributed by atoms with van der Waals surface area (Å²) in [5.74, 6) is 2.15. The number of benzene rings is 3. The predicted molar refractivity (Wildman–Crippen MR) is 120 cm³/mol. The summed E-state index contributed by atoms with van der Waals surface area (Å²) in [4.78, 5) is 10.5. The first-order chi connectivity index (χ1) is 15.2. The molecule has 7 nitrogen and oxygen atoms in total. The Bertz CT molecular complexity index is 1180. The molecule has 0 amide bonds. The topological polar surface area (TPSA) is 83.1 Å². The first-order valence-corrected chi connectivity index (χ1v) is 10.6. The van der Waals surface area contributed by atoms with E-state index in [-0.39, 0.29) is 5.69 Å². The standard InChI is InChI=1S/C23H20N4O3S/c1-30-21-10-6-5-9-20(21)26-22(15-17-7-3-2-4-8-17)24-25-23(26)31-16-18-11-13-19(14-12-18)27(28)29/h2-14H,15-16H2,1H3. The number of nitro benzene ring substituents is 1. The quantitative estimate of drug-likeness (QED) is 0.220. The number of aromatic nitrogens is 3. The highest BCUT2D eigenvalue weighted by Gasteiger charge is 2.18. The summed E-state index contributed by atoms with van der Waals surface area (Å²) in [7, 11) is 1.64. The van der Waals surface area contributed by atoms with Crippen molar-refractivity contribution < 1.29 is 9.66 Å². The van der Waals surface area contributed by atoms with Crippen LogP contribution in [0.5, 0.6) is 5.75 Å². The molecule has 4 aromatic rings. The van der Waals surface area contributed by atoms with Crippen LogP contribution in [-0.2, 0) is 12.2 Å². The Balaban J connectivity index is 1.66. The van der Waals surface area contributed by atoms with Crippen molar-refractivity contribution in [3.63, 3.8) is 0 Å². The number of hydrogen-bond donors (Lipinski definition) is 0. The Morgan fingerprint density at radius 3 is 2.35 bits per heavy atom. The lowest BCUT2D eigenvalue weighted by Gasteiger charge is -2.14. The van der Waals surface area contributed by atoms with Gasteiger partial charge in [0.25, 0.3) is 5.69 Å². The second kappa shape index (κ2) is 9.44. The maximum Gasteiger partial charge on any atom is 0.269 e. The highest BCUT2D eigenvalue weighted by atomic mass is 32.2. The fourth-order valence-electron chi connectivity index (χ4n) is 3.20. The third kappa shape index (κ3) is 4.75. The molecule has 0 unspecified atom stereocenters. The lowest BCUT2D eigenvalue weighted by molar-refractivity contribution is -0.384. The number of non-ortho nitro benzene ring substituents is 1. The minimum absolute atomic E-state index is 0.0797. The second-order valence-corrected chi connectivity index (χ2v) is 7.72. The van der Waals surface area contributed by atoms with Crippen LogP contribution in [0.4, 0.5) is 5.69 Å². The van der Waals surface area contributed by atoms with Gasteiger partial charge in [-0.15, -0.1) is 10.2 Å². The molecule has 0 radical (unpaired) electrons. The molecule has 4 rings (SSSR count). The third-order valence-electron chi connectivity index (χ3n) is 4.75. The molecule has 1 aromatic heterocycles. The molecular formula is C23H20N4O3S. The van der Waals surface area contributed by atoms with Crippen molar-refractivity contribution >= 4 is 17.4 Å². The highest BCUT2D eigenvalue weighted by Crippen LogP contribution is 2.31. The van der Waals surface area contributed by atoms with E-state index in [9.17, 15) is 10.1 Å². The minimum atomic E-state index is -0.398. The van der Waals surface area contributed by atoms with Gasteiger partial charge in [-0.1, -0.05) is 66.4 Å². The molecule has 31 heavy (non-hydrogen) atoms. The molecule has 0 bridgehead atoms. The van der Waals surface area contributed by atoms with Crippen LogP contribution in [0.1, 0.15) is 17.0 Å². The average molecular weight is 433 g/mol. The largest absolute Gasteiger partial charge is 0.495 e. The van der Waals surface area contributed by atoms with Gasteiger partial charge >= 0.3 is 0 Å². The number of ether oxygens (including phenoxy) is 1. The molecule has 0 aliphatic carbocycles. The number of thioether (sulfide) groups is 1. The smallest absolute Gasteiger partial charge is 0.269 e. The van der Waals surface area contributed by atoms with Crippen molar-refractivity contribution in [2.24, 2.45) is 0 Å². The number of methoxy groups -OCH3 is 1. The average Bonchev–Trinajstić information content (AvgIpc) is 3.20. The summed E-state index contributed by atoms with van der Waals surface area (Å²) in [5.41, 5.74) is 3.05. The fourth-order valence-corrected chi connectivity index (χ4v) is 4.12. The molecule has 3 aromatic carbocycles. The number of para-hydroxylation sites is 2. The Hall–Kier alpha value is -3.65. The summed E-state index contributed by atoms with van der Waals surface area (Å²) in [6.45, 7) is 0. The van der Waals surface area contributed by atoms with Gasteiger partial charge < -0.3 is 4.74 Å². The third-order valence-corrected chi connectivity index (χ3v) is 5.75. The first-order valence-electron chi connectivity index (χ1n) is 9.63. The van der Waals surface area contributed by atoms with E-state index >= 15 is 0 Å². The van der Waals surface area contributed by atoms with Gasteiger partial charge in [0.15, 0.2) is 5.16 Å². The molecule has 156 valence electrons. The molecule has 0 N–H and O–H groups in total. The van der Waals surface area contributed by atoms with Crippen molar-refractivity contribution in [3.05, 3.63) is 106 Å². The van der Waals surface area contributed by atoms with Gasteiger partial charge in [-0.2, -0.15) is 0 Å². The van der Waals surface area contributed by atoms with Crippen LogP contribution in [0.25, 0.3) is 5.69 Å². The maximum absolute atomic E-state index is 10.9. The maximum atomic E-state index is 10.9. The SMILES string of the molecule is COc1ccccc1-n1c(Cc2ccccc2)nnc1SCc1ccc([N+](=O)[O-])cc1. The Labute approximate surface area is 183 Å². The molecule has 0 saturated carbocycles. The number of rotatable bonds is 8. The summed E-state index contributed by atoms with van der Waals surface area (Å²) >= 11 is 1.52. The lowest BCUT2D eigenvalue weighted by atomic mass is 10.1. The molecule has 1 heterocycles. The first kappa shape index (κ1) is 20.6. The van der Waals surface area contributed by atoms with Crippen LogP contribution in [0, 0.1) is 10.1 Å². The Kier molecular flexibility index (Phi) is 6.28. The number of nitrogens with zero attached hydrogens (tertiary/aromatic N) is 4. The van der Waals surface area contributed by atoms with Crippen molar-refractivity contribution in [1.82, 2.24) is 14.8 Å².